The Labute approximate surface area is 119 Å². The molecule has 0 aliphatic carbocycles. The SMILES string of the molecule is CCC.CCCCN(CCCC)CC(O)C=CC=O. The lowest BCUT2D eigenvalue weighted by atomic mass is 10.2. The Bertz CT molecular complexity index is 197. The van der Waals surface area contributed by atoms with Gasteiger partial charge in [0.1, 0.15) is 6.29 Å². The van der Waals surface area contributed by atoms with Crippen molar-refractivity contribution in [1.29, 1.82) is 0 Å². The van der Waals surface area contributed by atoms with Gasteiger partial charge < -0.3 is 10.0 Å². The van der Waals surface area contributed by atoms with E-state index < -0.39 is 6.10 Å². The summed E-state index contributed by atoms with van der Waals surface area (Å²) in [6.45, 7) is 11.3. The summed E-state index contributed by atoms with van der Waals surface area (Å²) < 4.78 is 0. The van der Waals surface area contributed by atoms with E-state index in [0.717, 1.165) is 25.9 Å². The van der Waals surface area contributed by atoms with Gasteiger partial charge >= 0.3 is 0 Å². The lowest BCUT2D eigenvalue weighted by Gasteiger charge is -2.23. The minimum absolute atomic E-state index is 0.529. The number of aliphatic hydroxyl groups is 1. The Hall–Kier alpha value is -0.670. The number of aliphatic hydroxyl groups excluding tert-OH is 1. The van der Waals surface area contributed by atoms with Crippen LogP contribution in [0.4, 0.5) is 0 Å². The van der Waals surface area contributed by atoms with E-state index in [1.165, 1.54) is 25.3 Å². The van der Waals surface area contributed by atoms with Crippen LogP contribution in [0.15, 0.2) is 12.2 Å². The van der Waals surface area contributed by atoms with E-state index in [0.29, 0.717) is 12.8 Å². The fourth-order valence-corrected chi connectivity index (χ4v) is 1.56. The predicted octanol–water partition coefficient (Wildman–Crippen LogP) is 3.42. The third-order valence-electron chi connectivity index (χ3n) is 2.51. The van der Waals surface area contributed by atoms with Gasteiger partial charge in [-0.3, -0.25) is 4.79 Å². The van der Waals surface area contributed by atoms with Crippen molar-refractivity contribution >= 4 is 6.29 Å². The summed E-state index contributed by atoms with van der Waals surface area (Å²) in [6, 6.07) is 0. The molecule has 0 aromatic rings. The van der Waals surface area contributed by atoms with Crippen LogP contribution in [-0.4, -0.2) is 42.0 Å². The van der Waals surface area contributed by atoms with Crippen molar-refractivity contribution in [3.63, 3.8) is 0 Å². The molecule has 0 aliphatic rings. The molecule has 0 aliphatic heterocycles. The number of allylic oxidation sites excluding steroid dienone is 1. The molecule has 0 aromatic heterocycles. The topological polar surface area (TPSA) is 40.5 Å². The molecule has 0 rings (SSSR count). The minimum atomic E-state index is -0.529. The second-order valence-corrected chi connectivity index (χ2v) is 4.80. The highest BCUT2D eigenvalue weighted by Gasteiger charge is 2.08. The van der Waals surface area contributed by atoms with Gasteiger partial charge in [-0.05, 0) is 32.0 Å². The van der Waals surface area contributed by atoms with Gasteiger partial charge in [-0.25, -0.2) is 0 Å². The monoisotopic (exact) mass is 271 g/mol. The first-order valence-corrected chi connectivity index (χ1v) is 7.68. The van der Waals surface area contributed by atoms with Crippen LogP contribution in [0, 0.1) is 0 Å². The van der Waals surface area contributed by atoms with Crippen molar-refractivity contribution < 1.29 is 9.90 Å². The van der Waals surface area contributed by atoms with Crippen LogP contribution in [0.3, 0.4) is 0 Å². The molecule has 1 unspecified atom stereocenters. The largest absolute Gasteiger partial charge is 0.388 e. The number of unbranched alkanes of at least 4 members (excludes halogenated alkanes) is 2. The van der Waals surface area contributed by atoms with Gasteiger partial charge in [0.05, 0.1) is 6.10 Å². The van der Waals surface area contributed by atoms with Crippen molar-refractivity contribution in [2.45, 2.75) is 65.9 Å². The third kappa shape index (κ3) is 17.3. The molecule has 0 fully saturated rings. The minimum Gasteiger partial charge on any atom is -0.388 e. The van der Waals surface area contributed by atoms with E-state index in [9.17, 15) is 9.90 Å². The smallest absolute Gasteiger partial charge is 0.142 e. The van der Waals surface area contributed by atoms with Gasteiger partial charge in [0.15, 0.2) is 0 Å². The molecular weight excluding hydrogens is 238 g/mol. The van der Waals surface area contributed by atoms with E-state index in [1.807, 2.05) is 0 Å². The number of hydrogen-bond donors (Lipinski definition) is 1. The summed E-state index contributed by atoms with van der Waals surface area (Å²) in [4.78, 5) is 12.4. The van der Waals surface area contributed by atoms with Crippen molar-refractivity contribution in [2.24, 2.45) is 0 Å². The van der Waals surface area contributed by atoms with Crippen molar-refractivity contribution in [1.82, 2.24) is 4.90 Å². The van der Waals surface area contributed by atoms with Gasteiger partial charge in [0.25, 0.3) is 0 Å². The molecule has 114 valence electrons. The summed E-state index contributed by atoms with van der Waals surface area (Å²) in [5.74, 6) is 0. The molecule has 19 heavy (non-hydrogen) atoms. The van der Waals surface area contributed by atoms with Crippen LogP contribution < -0.4 is 0 Å². The van der Waals surface area contributed by atoms with Crippen LogP contribution in [0.25, 0.3) is 0 Å². The van der Waals surface area contributed by atoms with Crippen molar-refractivity contribution in [3.8, 4) is 0 Å². The van der Waals surface area contributed by atoms with Crippen LogP contribution in [-0.2, 0) is 4.79 Å². The lowest BCUT2D eigenvalue weighted by molar-refractivity contribution is -0.104. The molecule has 0 saturated heterocycles. The summed E-state index contributed by atoms with van der Waals surface area (Å²) in [5.41, 5.74) is 0. The molecule has 0 heterocycles. The second kappa shape index (κ2) is 17.3. The zero-order valence-electron chi connectivity index (χ0n) is 13.3. The summed E-state index contributed by atoms with van der Waals surface area (Å²) in [5, 5.41) is 9.66. The molecule has 0 bridgehead atoms. The molecule has 3 nitrogen and oxygen atoms in total. The average Bonchev–Trinajstić information content (AvgIpc) is 2.40. The van der Waals surface area contributed by atoms with E-state index in [2.05, 4.69) is 32.6 Å². The van der Waals surface area contributed by atoms with E-state index in [1.54, 1.807) is 6.08 Å². The zero-order chi connectivity index (χ0) is 14.9. The highest BCUT2D eigenvalue weighted by atomic mass is 16.3. The third-order valence-corrected chi connectivity index (χ3v) is 2.51. The summed E-state index contributed by atoms with van der Waals surface area (Å²) in [7, 11) is 0. The molecule has 0 aromatic carbocycles. The number of rotatable bonds is 10. The average molecular weight is 271 g/mol. The first kappa shape index (κ1) is 20.6. The molecular formula is C16H33NO2. The van der Waals surface area contributed by atoms with E-state index >= 15 is 0 Å². The van der Waals surface area contributed by atoms with E-state index in [-0.39, 0.29) is 0 Å². The molecule has 1 N–H and O–H groups in total. The van der Waals surface area contributed by atoms with Crippen LogP contribution in [0.5, 0.6) is 0 Å². The number of carbonyl (C=O) groups is 1. The first-order valence-electron chi connectivity index (χ1n) is 7.68. The molecule has 0 amide bonds. The highest BCUT2D eigenvalue weighted by molar-refractivity contribution is 5.64. The maximum atomic E-state index is 10.1. The molecule has 0 spiro atoms. The first-order chi connectivity index (χ1) is 9.15. The fraction of sp³-hybridized carbons (Fsp3) is 0.812. The van der Waals surface area contributed by atoms with Gasteiger partial charge in [-0.2, -0.15) is 0 Å². The number of nitrogens with zero attached hydrogens (tertiary/aromatic N) is 1. The Morgan fingerprint density at radius 1 is 1.05 bits per heavy atom. The standard InChI is InChI=1S/C13H25NO2.C3H8/c1-3-5-9-14(10-6-4-2)12-13(16)8-7-11-15;1-3-2/h7-8,11,13,16H,3-6,9-10,12H2,1-2H3;3H2,1-2H3. The molecule has 0 radical (unpaired) electrons. The van der Waals surface area contributed by atoms with Gasteiger partial charge in [0, 0.05) is 6.54 Å². The van der Waals surface area contributed by atoms with Gasteiger partial charge in [0.2, 0.25) is 0 Å². The Morgan fingerprint density at radius 2 is 1.53 bits per heavy atom. The van der Waals surface area contributed by atoms with Crippen LogP contribution in [0.2, 0.25) is 0 Å². The van der Waals surface area contributed by atoms with Crippen LogP contribution in [0.1, 0.15) is 59.8 Å². The van der Waals surface area contributed by atoms with Crippen molar-refractivity contribution in [2.75, 3.05) is 19.6 Å². The zero-order valence-corrected chi connectivity index (χ0v) is 13.3. The van der Waals surface area contributed by atoms with Gasteiger partial charge in [-0.1, -0.05) is 53.0 Å². The number of aldehydes is 1. The number of carbonyl (C=O) groups excluding carboxylic acids is 1. The second-order valence-electron chi connectivity index (χ2n) is 4.80. The molecule has 0 saturated carbocycles. The Kier molecular flexibility index (Phi) is 18.8. The van der Waals surface area contributed by atoms with Gasteiger partial charge in [-0.15, -0.1) is 0 Å². The number of hydrogen-bond acceptors (Lipinski definition) is 3. The quantitative estimate of drug-likeness (QED) is 0.489. The van der Waals surface area contributed by atoms with Crippen molar-refractivity contribution in [3.05, 3.63) is 12.2 Å². The normalized spacial score (nSPS) is 12.3. The highest BCUT2D eigenvalue weighted by Crippen LogP contribution is 2.01. The molecule has 1 atom stereocenters. The van der Waals surface area contributed by atoms with Crippen LogP contribution >= 0.6 is 0 Å². The maximum absolute atomic E-state index is 10.1. The Morgan fingerprint density at radius 3 is 1.89 bits per heavy atom. The fourth-order valence-electron chi connectivity index (χ4n) is 1.56. The molecule has 3 heteroatoms. The maximum Gasteiger partial charge on any atom is 0.142 e. The Balaban J connectivity index is 0. The predicted molar refractivity (Wildman–Crippen MR) is 83.4 cm³/mol. The lowest BCUT2D eigenvalue weighted by Crippen LogP contribution is -2.33. The summed E-state index contributed by atoms with van der Waals surface area (Å²) in [6.07, 6.45) is 9.00. The summed E-state index contributed by atoms with van der Waals surface area (Å²) >= 11 is 0. The van der Waals surface area contributed by atoms with E-state index in [4.69, 9.17) is 0 Å².